The van der Waals surface area contributed by atoms with Gasteiger partial charge in [-0.2, -0.15) is 0 Å². The number of carboxylic acids is 1. The molecule has 2 aromatic rings. The molecule has 1 aromatic carbocycles. The number of aromatic nitrogens is 1. The highest BCUT2D eigenvalue weighted by Crippen LogP contribution is 2.33. The maximum Gasteiger partial charge on any atom is 0.341 e. The number of carbonyl (C=O) groups is 1. The molecular weight excluding hydrogens is 290 g/mol. The van der Waals surface area contributed by atoms with Crippen LogP contribution in [-0.2, 0) is 0 Å². The summed E-state index contributed by atoms with van der Waals surface area (Å²) in [5, 5.41) is 12.7. The molecule has 17 heavy (non-hydrogen) atoms. The molecule has 1 aromatic heterocycles. The van der Waals surface area contributed by atoms with Gasteiger partial charge in [0.25, 0.3) is 0 Å². The number of methoxy groups -OCH3 is 1. The van der Waals surface area contributed by atoms with E-state index in [1.807, 2.05) is 0 Å². The van der Waals surface area contributed by atoms with E-state index in [4.69, 9.17) is 14.4 Å². The number of ether oxygens (including phenoxy) is 1. The summed E-state index contributed by atoms with van der Waals surface area (Å²) in [7, 11) is 1.51. The van der Waals surface area contributed by atoms with Gasteiger partial charge in [-0.15, -0.1) is 0 Å². The van der Waals surface area contributed by atoms with E-state index < -0.39 is 5.97 Å². The summed E-state index contributed by atoms with van der Waals surface area (Å²) in [6.45, 7) is 0. The van der Waals surface area contributed by atoms with E-state index in [9.17, 15) is 4.79 Å². The average Bonchev–Trinajstić information content (AvgIpc) is 2.77. The third-order valence-corrected chi connectivity index (χ3v) is 2.71. The van der Waals surface area contributed by atoms with E-state index in [1.54, 1.807) is 18.2 Å². The van der Waals surface area contributed by atoms with E-state index >= 15 is 0 Å². The zero-order valence-corrected chi connectivity index (χ0v) is 10.4. The average molecular weight is 298 g/mol. The molecule has 5 nitrogen and oxygen atoms in total. The van der Waals surface area contributed by atoms with Crippen molar-refractivity contribution in [1.82, 2.24) is 5.16 Å². The SMILES string of the molecule is COc1ccc(Br)cc1-c1nocc1C(=O)O. The zero-order valence-electron chi connectivity index (χ0n) is 8.81. The number of benzene rings is 1. The summed E-state index contributed by atoms with van der Waals surface area (Å²) < 4.78 is 10.7. The summed E-state index contributed by atoms with van der Waals surface area (Å²) in [4.78, 5) is 11.0. The Kier molecular flexibility index (Phi) is 3.14. The van der Waals surface area contributed by atoms with Crippen LogP contribution < -0.4 is 4.74 Å². The van der Waals surface area contributed by atoms with E-state index in [0.29, 0.717) is 11.3 Å². The minimum Gasteiger partial charge on any atom is -0.496 e. The monoisotopic (exact) mass is 297 g/mol. The Bertz CT molecular complexity index is 564. The molecule has 6 heteroatoms. The largest absolute Gasteiger partial charge is 0.496 e. The maximum atomic E-state index is 11.0. The highest BCUT2D eigenvalue weighted by Gasteiger charge is 2.19. The Labute approximate surface area is 105 Å². The number of hydrogen-bond donors (Lipinski definition) is 1. The molecule has 0 unspecified atom stereocenters. The lowest BCUT2D eigenvalue weighted by molar-refractivity contribution is 0.0697. The predicted molar refractivity (Wildman–Crippen MR) is 63.2 cm³/mol. The van der Waals surface area contributed by atoms with Crippen molar-refractivity contribution >= 4 is 21.9 Å². The molecule has 0 saturated heterocycles. The fourth-order valence-electron chi connectivity index (χ4n) is 1.45. The summed E-state index contributed by atoms with van der Waals surface area (Å²) in [5.74, 6) is -0.562. The van der Waals surface area contributed by atoms with Crippen LogP contribution >= 0.6 is 15.9 Å². The number of hydrogen-bond acceptors (Lipinski definition) is 4. The van der Waals surface area contributed by atoms with Gasteiger partial charge in [0.15, 0.2) is 0 Å². The topological polar surface area (TPSA) is 72.6 Å². The lowest BCUT2D eigenvalue weighted by Crippen LogP contribution is -1.98. The normalized spacial score (nSPS) is 10.2. The van der Waals surface area contributed by atoms with Crippen molar-refractivity contribution in [3.63, 3.8) is 0 Å². The summed E-state index contributed by atoms with van der Waals surface area (Å²) in [5.41, 5.74) is 0.810. The maximum absolute atomic E-state index is 11.0. The first kappa shape index (κ1) is 11.7. The van der Waals surface area contributed by atoms with Crippen LogP contribution in [0.4, 0.5) is 0 Å². The van der Waals surface area contributed by atoms with Gasteiger partial charge in [0.05, 0.1) is 7.11 Å². The molecule has 0 aliphatic heterocycles. The number of rotatable bonds is 3. The van der Waals surface area contributed by atoms with Crippen LogP contribution in [0.3, 0.4) is 0 Å². The number of nitrogens with zero attached hydrogens (tertiary/aromatic N) is 1. The van der Waals surface area contributed by atoms with Crippen LogP contribution in [0.5, 0.6) is 5.75 Å². The minimum absolute atomic E-state index is 0.00130. The second kappa shape index (κ2) is 4.58. The Morgan fingerprint density at radius 1 is 1.53 bits per heavy atom. The molecule has 0 radical (unpaired) electrons. The first-order valence-electron chi connectivity index (χ1n) is 4.65. The van der Waals surface area contributed by atoms with Gasteiger partial charge in [0, 0.05) is 10.0 Å². The smallest absolute Gasteiger partial charge is 0.341 e. The standard InChI is InChI=1S/C11H8BrNO4/c1-16-9-3-2-6(12)4-7(9)10-8(11(14)15)5-17-13-10/h2-5H,1H3,(H,14,15). The lowest BCUT2D eigenvalue weighted by atomic mass is 10.1. The molecule has 0 spiro atoms. The third-order valence-electron chi connectivity index (χ3n) is 2.22. The molecule has 0 amide bonds. The van der Waals surface area contributed by atoms with Gasteiger partial charge in [0.1, 0.15) is 23.3 Å². The van der Waals surface area contributed by atoms with E-state index in [-0.39, 0.29) is 11.3 Å². The third kappa shape index (κ3) is 2.16. The van der Waals surface area contributed by atoms with Gasteiger partial charge in [-0.1, -0.05) is 21.1 Å². The number of aromatic carboxylic acids is 1. The highest BCUT2D eigenvalue weighted by molar-refractivity contribution is 9.10. The van der Waals surface area contributed by atoms with Crippen molar-refractivity contribution in [3.8, 4) is 17.0 Å². The summed E-state index contributed by atoms with van der Waals surface area (Å²) in [6.07, 6.45) is 1.10. The fraction of sp³-hybridized carbons (Fsp3) is 0.0909. The van der Waals surface area contributed by atoms with E-state index in [1.165, 1.54) is 7.11 Å². The van der Waals surface area contributed by atoms with Gasteiger partial charge in [-0.05, 0) is 18.2 Å². The van der Waals surface area contributed by atoms with Crippen LogP contribution in [0.25, 0.3) is 11.3 Å². The van der Waals surface area contributed by atoms with Crippen LogP contribution in [-0.4, -0.2) is 23.3 Å². The molecule has 0 aliphatic rings. The molecule has 0 atom stereocenters. The van der Waals surface area contributed by atoms with Crippen molar-refractivity contribution in [2.24, 2.45) is 0 Å². The molecule has 2 rings (SSSR count). The first-order valence-corrected chi connectivity index (χ1v) is 5.44. The quantitative estimate of drug-likeness (QED) is 0.943. The van der Waals surface area contributed by atoms with Gasteiger partial charge < -0.3 is 14.4 Å². The van der Waals surface area contributed by atoms with Crippen molar-refractivity contribution in [3.05, 3.63) is 34.5 Å². The zero-order chi connectivity index (χ0) is 12.4. The number of carboxylic acid groups (broad SMARTS) is 1. The van der Waals surface area contributed by atoms with Gasteiger partial charge in [0.2, 0.25) is 0 Å². The van der Waals surface area contributed by atoms with Crippen molar-refractivity contribution < 1.29 is 19.2 Å². The second-order valence-electron chi connectivity index (χ2n) is 3.23. The summed E-state index contributed by atoms with van der Waals surface area (Å²) >= 11 is 3.31. The second-order valence-corrected chi connectivity index (χ2v) is 4.14. The van der Waals surface area contributed by atoms with Crippen molar-refractivity contribution in [1.29, 1.82) is 0 Å². The fourth-order valence-corrected chi connectivity index (χ4v) is 1.81. The molecule has 0 bridgehead atoms. The molecule has 1 heterocycles. The molecule has 0 saturated carbocycles. The van der Waals surface area contributed by atoms with Crippen LogP contribution in [0.1, 0.15) is 10.4 Å². The molecular formula is C11H8BrNO4. The Morgan fingerprint density at radius 3 is 2.94 bits per heavy atom. The Hall–Kier alpha value is -1.82. The molecule has 0 fully saturated rings. The predicted octanol–water partition coefficient (Wildman–Crippen LogP) is 2.81. The molecule has 1 N–H and O–H groups in total. The lowest BCUT2D eigenvalue weighted by Gasteiger charge is -2.06. The Balaban J connectivity index is 2.63. The van der Waals surface area contributed by atoms with Gasteiger partial charge in [-0.25, -0.2) is 4.79 Å². The van der Waals surface area contributed by atoms with Crippen molar-refractivity contribution in [2.45, 2.75) is 0 Å². The van der Waals surface area contributed by atoms with E-state index in [2.05, 4.69) is 21.1 Å². The van der Waals surface area contributed by atoms with Crippen molar-refractivity contribution in [2.75, 3.05) is 7.11 Å². The first-order chi connectivity index (χ1) is 8.13. The Morgan fingerprint density at radius 2 is 2.29 bits per heavy atom. The van der Waals surface area contributed by atoms with Crippen LogP contribution in [0.2, 0.25) is 0 Å². The van der Waals surface area contributed by atoms with Crippen LogP contribution in [0.15, 0.2) is 33.5 Å². The molecule has 88 valence electrons. The van der Waals surface area contributed by atoms with E-state index in [0.717, 1.165) is 10.7 Å². The minimum atomic E-state index is -1.09. The molecule has 0 aliphatic carbocycles. The summed E-state index contributed by atoms with van der Waals surface area (Å²) in [6, 6.07) is 5.24. The highest BCUT2D eigenvalue weighted by atomic mass is 79.9. The number of halogens is 1. The van der Waals surface area contributed by atoms with Gasteiger partial charge in [-0.3, -0.25) is 0 Å². The van der Waals surface area contributed by atoms with Crippen LogP contribution in [0, 0.1) is 0 Å². The van der Waals surface area contributed by atoms with Gasteiger partial charge >= 0.3 is 5.97 Å².